The summed E-state index contributed by atoms with van der Waals surface area (Å²) in [4.78, 5) is 11.8. The molecule has 7 heteroatoms. The van der Waals surface area contributed by atoms with Crippen LogP contribution in [0.15, 0.2) is 57.9 Å². The lowest BCUT2D eigenvalue weighted by Gasteiger charge is -2.10. The minimum atomic E-state index is -3.77. The van der Waals surface area contributed by atoms with Crippen LogP contribution in [-0.4, -0.2) is 20.9 Å². The van der Waals surface area contributed by atoms with Crippen LogP contribution in [-0.2, 0) is 26.2 Å². The molecule has 0 heterocycles. The van der Waals surface area contributed by atoms with Crippen LogP contribution < -0.4 is 4.72 Å². The molecule has 122 valence electrons. The Morgan fingerprint density at radius 1 is 1.17 bits per heavy atom. The smallest absolute Gasteiger partial charge is 0.321 e. The van der Waals surface area contributed by atoms with E-state index < -0.39 is 22.5 Å². The number of ether oxygens (including phenoxy) is 1. The van der Waals surface area contributed by atoms with Crippen LogP contribution in [0.1, 0.15) is 11.1 Å². The van der Waals surface area contributed by atoms with Gasteiger partial charge in [0, 0.05) is 4.47 Å². The van der Waals surface area contributed by atoms with E-state index in [0.29, 0.717) is 10.0 Å². The zero-order valence-electron chi connectivity index (χ0n) is 12.5. The predicted octanol–water partition coefficient (Wildman–Crippen LogP) is 2.78. The Morgan fingerprint density at radius 2 is 1.87 bits per heavy atom. The van der Waals surface area contributed by atoms with Crippen molar-refractivity contribution in [3.05, 3.63) is 64.1 Å². The summed E-state index contributed by atoms with van der Waals surface area (Å²) in [5, 5.41) is 0. The molecule has 0 spiro atoms. The van der Waals surface area contributed by atoms with Gasteiger partial charge in [-0.2, -0.15) is 4.72 Å². The first-order chi connectivity index (χ1) is 10.9. The molecule has 23 heavy (non-hydrogen) atoms. The maximum absolute atomic E-state index is 12.2. The number of rotatable bonds is 6. The van der Waals surface area contributed by atoms with Crippen LogP contribution in [0.5, 0.6) is 0 Å². The first-order valence-corrected chi connectivity index (χ1v) is 9.11. The van der Waals surface area contributed by atoms with Crippen molar-refractivity contribution >= 4 is 31.9 Å². The third-order valence-corrected chi connectivity index (χ3v) is 5.13. The normalized spacial score (nSPS) is 11.2. The summed E-state index contributed by atoms with van der Waals surface area (Å²) in [6, 6.07) is 14.1. The molecule has 0 atom stereocenters. The molecule has 0 amide bonds. The Kier molecular flexibility index (Phi) is 5.92. The first-order valence-electron chi connectivity index (χ1n) is 6.84. The van der Waals surface area contributed by atoms with E-state index in [1.165, 1.54) is 6.07 Å². The van der Waals surface area contributed by atoms with Gasteiger partial charge < -0.3 is 4.74 Å². The summed E-state index contributed by atoms with van der Waals surface area (Å²) in [7, 11) is -3.77. The molecular formula is C16H16BrNO4S. The average Bonchev–Trinajstić information content (AvgIpc) is 2.54. The van der Waals surface area contributed by atoms with E-state index in [0.717, 1.165) is 5.56 Å². The molecule has 0 aromatic heterocycles. The van der Waals surface area contributed by atoms with E-state index >= 15 is 0 Å². The molecule has 5 nitrogen and oxygen atoms in total. The molecule has 2 aromatic carbocycles. The van der Waals surface area contributed by atoms with E-state index in [-0.39, 0.29) is 11.5 Å². The number of carbonyl (C=O) groups is 1. The molecule has 0 aliphatic heterocycles. The molecule has 0 unspecified atom stereocenters. The molecular weight excluding hydrogens is 382 g/mol. The Morgan fingerprint density at radius 3 is 2.57 bits per heavy atom. The molecule has 0 aliphatic rings. The number of nitrogens with one attached hydrogen (secondary N) is 1. The predicted molar refractivity (Wildman–Crippen MR) is 90.3 cm³/mol. The van der Waals surface area contributed by atoms with Crippen LogP contribution in [0.3, 0.4) is 0 Å². The number of carbonyl (C=O) groups excluding carboxylic acids is 1. The number of hydrogen-bond acceptors (Lipinski definition) is 4. The van der Waals surface area contributed by atoms with Crippen molar-refractivity contribution in [3.8, 4) is 0 Å². The Balaban J connectivity index is 1.94. The van der Waals surface area contributed by atoms with E-state index in [1.807, 2.05) is 30.3 Å². The maximum Gasteiger partial charge on any atom is 0.321 e. The standard InChI is InChI=1S/C16H16BrNO4S/c1-12-7-8-14(17)9-15(12)23(20,21)18-10-16(19)22-11-13-5-3-2-4-6-13/h2-9,18H,10-11H2,1H3. The third-order valence-electron chi connectivity index (χ3n) is 3.09. The molecule has 2 rings (SSSR count). The maximum atomic E-state index is 12.2. The van der Waals surface area contributed by atoms with Crippen LogP contribution in [0.4, 0.5) is 0 Å². The molecule has 2 aromatic rings. The van der Waals surface area contributed by atoms with Crippen molar-refractivity contribution in [2.75, 3.05) is 6.54 Å². The second kappa shape index (κ2) is 7.72. The average molecular weight is 398 g/mol. The molecule has 0 aliphatic carbocycles. The van der Waals surface area contributed by atoms with Crippen molar-refractivity contribution < 1.29 is 17.9 Å². The summed E-state index contributed by atoms with van der Waals surface area (Å²) < 4.78 is 32.4. The van der Waals surface area contributed by atoms with Gasteiger partial charge in [0.25, 0.3) is 0 Å². The highest BCUT2D eigenvalue weighted by atomic mass is 79.9. The SMILES string of the molecule is Cc1ccc(Br)cc1S(=O)(=O)NCC(=O)OCc1ccccc1. The van der Waals surface area contributed by atoms with E-state index in [9.17, 15) is 13.2 Å². The van der Waals surface area contributed by atoms with Crippen LogP contribution in [0, 0.1) is 6.92 Å². The third kappa shape index (κ3) is 5.16. The summed E-state index contributed by atoms with van der Waals surface area (Å²) in [5.41, 5.74) is 1.44. The fourth-order valence-electron chi connectivity index (χ4n) is 1.88. The molecule has 0 fully saturated rings. The summed E-state index contributed by atoms with van der Waals surface area (Å²) in [5.74, 6) is -0.634. The van der Waals surface area contributed by atoms with Gasteiger partial charge in [-0.15, -0.1) is 0 Å². The van der Waals surface area contributed by atoms with Gasteiger partial charge in [-0.1, -0.05) is 52.3 Å². The van der Waals surface area contributed by atoms with Gasteiger partial charge >= 0.3 is 5.97 Å². The molecule has 0 saturated heterocycles. The van der Waals surface area contributed by atoms with Crippen molar-refractivity contribution in [2.45, 2.75) is 18.4 Å². The molecule has 0 radical (unpaired) electrons. The van der Waals surface area contributed by atoms with Crippen molar-refractivity contribution in [2.24, 2.45) is 0 Å². The second-order valence-corrected chi connectivity index (χ2v) is 7.53. The summed E-state index contributed by atoms with van der Waals surface area (Å²) in [6.45, 7) is 1.38. The lowest BCUT2D eigenvalue weighted by molar-refractivity contribution is -0.143. The van der Waals surface area contributed by atoms with Gasteiger partial charge in [0.05, 0.1) is 4.90 Å². The number of halogens is 1. The van der Waals surface area contributed by atoms with Crippen molar-refractivity contribution in [3.63, 3.8) is 0 Å². The fraction of sp³-hybridized carbons (Fsp3) is 0.188. The van der Waals surface area contributed by atoms with Crippen LogP contribution >= 0.6 is 15.9 Å². The topological polar surface area (TPSA) is 72.5 Å². The number of esters is 1. The zero-order valence-corrected chi connectivity index (χ0v) is 14.9. The molecule has 0 bridgehead atoms. The second-order valence-electron chi connectivity index (χ2n) is 4.88. The van der Waals surface area contributed by atoms with Crippen molar-refractivity contribution in [1.29, 1.82) is 0 Å². The van der Waals surface area contributed by atoms with Gasteiger partial charge in [0.1, 0.15) is 13.2 Å². The largest absolute Gasteiger partial charge is 0.460 e. The lowest BCUT2D eigenvalue weighted by atomic mass is 10.2. The monoisotopic (exact) mass is 397 g/mol. The lowest BCUT2D eigenvalue weighted by Crippen LogP contribution is -2.31. The highest BCUT2D eigenvalue weighted by molar-refractivity contribution is 9.10. The Labute approximate surface area is 143 Å². The molecule has 1 N–H and O–H groups in total. The number of aryl methyl sites for hydroxylation is 1. The van der Waals surface area contributed by atoms with Crippen LogP contribution in [0.2, 0.25) is 0 Å². The van der Waals surface area contributed by atoms with Gasteiger partial charge in [0.15, 0.2) is 0 Å². The zero-order chi connectivity index (χ0) is 16.9. The fourth-order valence-corrected chi connectivity index (χ4v) is 3.63. The van der Waals surface area contributed by atoms with E-state index in [1.54, 1.807) is 19.1 Å². The van der Waals surface area contributed by atoms with E-state index in [4.69, 9.17) is 4.74 Å². The van der Waals surface area contributed by atoms with Crippen LogP contribution in [0.25, 0.3) is 0 Å². The summed E-state index contributed by atoms with van der Waals surface area (Å²) in [6.07, 6.45) is 0. The highest BCUT2D eigenvalue weighted by Crippen LogP contribution is 2.20. The quantitative estimate of drug-likeness (QED) is 0.760. The minimum Gasteiger partial charge on any atom is -0.460 e. The van der Waals surface area contributed by atoms with E-state index in [2.05, 4.69) is 20.7 Å². The number of benzene rings is 2. The van der Waals surface area contributed by atoms with Gasteiger partial charge in [-0.05, 0) is 30.2 Å². The first kappa shape index (κ1) is 17.7. The Hall–Kier alpha value is -1.70. The highest BCUT2D eigenvalue weighted by Gasteiger charge is 2.18. The van der Waals surface area contributed by atoms with Crippen molar-refractivity contribution in [1.82, 2.24) is 4.72 Å². The number of sulfonamides is 1. The van der Waals surface area contributed by atoms with Gasteiger partial charge in [-0.3, -0.25) is 4.79 Å². The number of hydrogen-bond donors (Lipinski definition) is 1. The Bertz CT molecular complexity index is 791. The van der Waals surface area contributed by atoms with Gasteiger partial charge in [-0.25, -0.2) is 8.42 Å². The molecule has 0 saturated carbocycles. The summed E-state index contributed by atoms with van der Waals surface area (Å²) >= 11 is 3.24. The minimum absolute atomic E-state index is 0.108. The van der Waals surface area contributed by atoms with Gasteiger partial charge in [0.2, 0.25) is 10.0 Å².